The van der Waals surface area contributed by atoms with Crippen LogP contribution in [0.3, 0.4) is 0 Å². The number of methoxy groups -OCH3 is 1. The van der Waals surface area contributed by atoms with Crippen LogP contribution in [0, 0.1) is 0 Å². The lowest BCUT2D eigenvalue weighted by Crippen LogP contribution is -2.53. The van der Waals surface area contributed by atoms with E-state index in [-0.39, 0.29) is 6.10 Å². The van der Waals surface area contributed by atoms with Crippen LogP contribution in [0.1, 0.15) is 38.5 Å². The van der Waals surface area contributed by atoms with Gasteiger partial charge in [-0.1, -0.05) is 12.8 Å². The maximum absolute atomic E-state index is 9.77. The molecule has 2 aliphatic carbocycles. The average Bonchev–Trinajstić information content (AvgIpc) is 2.13. The Morgan fingerprint density at radius 2 is 1.93 bits per heavy atom. The van der Waals surface area contributed by atoms with Crippen LogP contribution in [0.15, 0.2) is 0 Å². The van der Waals surface area contributed by atoms with Gasteiger partial charge in [0.1, 0.15) is 0 Å². The predicted molar refractivity (Wildman–Crippen MR) is 55.2 cm³/mol. The van der Waals surface area contributed by atoms with E-state index in [4.69, 9.17) is 4.74 Å². The van der Waals surface area contributed by atoms with Crippen molar-refractivity contribution >= 4 is 0 Å². The fourth-order valence-electron chi connectivity index (χ4n) is 2.50. The highest BCUT2D eigenvalue weighted by Crippen LogP contribution is 2.26. The molecule has 14 heavy (non-hydrogen) atoms. The van der Waals surface area contributed by atoms with E-state index in [1.807, 2.05) is 0 Å². The molecule has 0 heterocycles. The molecule has 2 saturated carbocycles. The third-order valence-corrected chi connectivity index (χ3v) is 3.61. The van der Waals surface area contributed by atoms with Gasteiger partial charge >= 0.3 is 0 Å². The molecule has 0 aromatic carbocycles. The lowest BCUT2D eigenvalue weighted by molar-refractivity contribution is 0.00108. The van der Waals surface area contributed by atoms with Crippen molar-refractivity contribution in [1.29, 1.82) is 0 Å². The maximum atomic E-state index is 9.77. The number of hydrogen-bond acceptors (Lipinski definition) is 3. The lowest BCUT2D eigenvalue weighted by Gasteiger charge is -2.40. The number of aliphatic hydroxyl groups excluding tert-OH is 1. The topological polar surface area (TPSA) is 41.5 Å². The molecule has 0 radical (unpaired) electrons. The summed E-state index contributed by atoms with van der Waals surface area (Å²) in [5.41, 5.74) is 0. The normalized spacial score (nSPS) is 43.3. The third-order valence-electron chi connectivity index (χ3n) is 3.61. The molecule has 0 bridgehead atoms. The van der Waals surface area contributed by atoms with E-state index in [1.165, 1.54) is 12.8 Å². The molecule has 0 amide bonds. The minimum Gasteiger partial charge on any atom is -0.392 e. The molecule has 3 nitrogen and oxygen atoms in total. The summed E-state index contributed by atoms with van der Waals surface area (Å²) in [7, 11) is 1.77. The Balaban J connectivity index is 1.69. The van der Waals surface area contributed by atoms with Crippen LogP contribution in [-0.4, -0.2) is 36.5 Å². The van der Waals surface area contributed by atoms with E-state index in [2.05, 4.69) is 5.32 Å². The van der Waals surface area contributed by atoms with E-state index in [0.29, 0.717) is 18.2 Å². The van der Waals surface area contributed by atoms with Gasteiger partial charge in [0.2, 0.25) is 0 Å². The van der Waals surface area contributed by atoms with Gasteiger partial charge in [-0.2, -0.15) is 0 Å². The third kappa shape index (κ3) is 2.27. The molecule has 0 unspecified atom stereocenters. The number of aliphatic hydroxyl groups is 1. The van der Waals surface area contributed by atoms with Gasteiger partial charge in [0.05, 0.1) is 12.2 Å². The smallest absolute Gasteiger partial charge is 0.0693 e. The molecule has 2 N–H and O–H groups in total. The highest BCUT2D eigenvalue weighted by molar-refractivity contribution is 4.91. The van der Waals surface area contributed by atoms with Crippen LogP contribution >= 0.6 is 0 Å². The highest BCUT2D eigenvalue weighted by Gasteiger charge is 2.33. The van der Waals surface area contributed by atoms with Gasteiger partial charge in [0.15, 0.2) is 0 Å². The molecular weight excluding hydrogens is 178 g/mol. The first-order valence-electron chi connectivity index (χ1n) is 5.76. The fraction of sp³-hybridized carbons (Fsp3) is 1.00. The standard InChI is InChI=1S/C11H21NO2/c1-14-9-6-8(7-9)12-10-4-2-3-5-11(10)13/h8-13H,2-7H2,1H3/t8?,9?,10-,11-/m0/s1. The summed E-state index contributed by atoms with van der Waals surface area (Å²) in [5, 5.41) is 13.3. The Labute approximate surface area is 85.8 Å². The van der Waals surface area contributed by atoms with E-state index >= 15 is 0 Å². The van der Waals surface area contributed by atoms with E-state index in [9.17, 15) is 5.11 Å². The summed E-state index contributed by atoms with van der Waals surface area (Å²) in [4.78, 5) is 0. The molecule has 2 rings (SSSR count). The highest BCUT2D eigenvalue weighted by atomic mass is 16.5. The van der Waals surface area contributed by atoms with Gasteiger partial charge in [0, 0.05) is 19.2 Å². The first-order valence-corrected chi connectivity index (χ1v) is 5.76. The number of hydrogen-bond donors (Lipinski definition) is 2. The minimum absolute atomic E-state index is 0.120. The zero-order valence-corrected chi connectivity index (χ0v) is 8.91. The quantitative estimate of drug-likeness (QED) is 0.714. The fourth-order valence-corrected chi connectivity index (χ4v) is 2.50. The molecule has 0 saturated heterocycles. The van der Waals surface area contributed by atoms with Crippen molar-refractivity contribution in [1.82, 2.24) is 5.32 Å². The van der Waals surface area contributed by atoms with Crippen molar-refractivity contribution in [2.45, 2.75) is 62.8 Å². The molecule has 0 aromatic heterocycles. The Bertz CT molecular complexity index is 180. The monoisotopic (exact) mass is 199 g/mol. The zero-order chi connectivity index (χ0) is 9.97. The molecule has 2 atom stereocenters. The summed E-state index contributed by atoms with van der Waals surface area (Å²) in [5.74, 6) is 0. The van der Waals surface area contributed by atoms with Gasteiger partial charge in [-0.05, 0) is 25.7 Å². The average molecular weight is 199 g/mol. The van der Waals surface area contributed by atoms with Crippen molar-refractivity contribution in [3.63, 3.8) is 0 Å². The molecular formula is C11H21NO2. The summed E-state index contributed by atoms with van der Waals surface area (Å²) >= 11 is 0. The maximum Gasteiger partial charge on any atom is 0.0693 e. The number of rotatable bonds is 3. The van der Waals surface area contributed by atoms with Crippen molar-refractivity contribution in [3.05, 3.63) is 0 Å². The van der Waals surface area contributed by atoms with Crippen LogP contribution in [0.25, 0.3) is 0 Å². The first-order chi connectivity index (χ1) is 6.79. The Morgan fingerprint density at radius 3 is 2.57 bits per heavy atom. The molecule has 2 fully saturated rings. The van der Waals surface area contributed by atoms with Gasteiger partial charge in [0.25, 0.3) is 0 Å². The predicted octanol–water partition coefficient (Wildman–Crippen LogP) is 1.06. The van der Waals surface area contributed by atoms with Gasteiger partial charge in [-0.25, -0.2) is 0 Å². The number of nitrogens with one attached hydrogen (secondary N) is 1. The van der Waals surface area contributed by atoms with Crippen LogP contribution in [0.4, 0.5) is 0 Å². The summed E-state index contributed by atoms with van der Waals surface area (Å²) in [6.07, 6.45) is 7.10. The minimum atomic E-state index is -0.120. The molecule has 0 aromatic rings. The summed E-state index contributed by atoms with van der Waals surface area (Å²) in [6, 6.07) is 0.921. The van der Waals surface area contributed by atoms with Crippen LogP contribution in [-0.2, 0) is 4.74 Å². The summed E-state index contributed by atoms with van der Waals surface area (Å²) in [6.45, 7) is 0. The van der Waals surface area contributed by atoms with Crippen molar-refractivity contribution in [2.24, 2.45) is 0 Å². The molecule has 0 aliphatic heterocycles. The van der Waals surface area contributed by atoms with E-state index < -0.39 is 0 Å². The van der Waals surface area contributed by atoms with Crippen molar-refractivity contribution in [3.8, 4) is 0 Å². The Kier molecular flexibility index (Phi) is 3.42. The number of ether oxygens (including phenoxy) is 1. The molecule has 2 aliphatic rings. The Morgan fingerprint density at radius 1 is 1.21 bits per heavy atom. The largest absolute Gasteiger partial charge is 0.392 e. The van der Waals surface area contributed by atoms with Crippen LogP contribution in [0.2, 0.25) is 0 Å². The van der Waals surface area contributed by atoms with Crippen LogP contribution in [0.5, 0.6) is 0 Å². The van der Waals surface area contributed by atoms with Crippen molar-refractivity contribution in [2.75, 3.05) is 7.11 Å². The van der Waals surface area contributed by atoms with E-state index in [1.54, 1.807) is 7.11 Å². The van der Waals surface area contributed by atoms with E-state index in [0.717, 1.165) is 25.7 Å². The zero-order valence-electron chi connectivity index (χ0n) is 8.91. The molecule has 82 valence electrons. The van der Waals surface area contributed by atoms with Gasteiger partial charge < -0.3 is 15.2 Å². The molecule has 3 heteroatoms. The van der Waals surface area contributed by atoms with Crippen molar-refractivity contribution < 1.29 is 9.84 Å². The first kappa shape index (κ1) is 10.4. The Hall–Kier alpha value is -0.120. The lowest BCUT2D eigenvalue weighted by atomic mass is 9.85. The second-order valence-corrected chi connectivity index (χ2v) is 4.65. The summed E-state index contributed by atoms with van der Waals surface area (Å²) < 4.78 is 5.23. The van der Waals surface area contributed by atoms with Gasteiger partial charge in [-0.3, -0.25) is 0 Å². The molecule has 0 spiro atoms. The second kappa shape index (κ2) is 4.60. The van der Waals surface area contributed by atoms with Crippen LogP contribution < -0.4 is 5.32 Å². The SMILES string of the molecule is COC1CC(N[C@H]2CCCC[C@@H]2O)C1. The van der Waals surface area contributed by atoms with Gasteiger partial charge in [-0.15, -0.1) is 0 Å². The second-order valence-electron chi connectivity index (χ2n) is 4.65.